The molecule has 0 aliphatic rings. The molecule has 0 aromatic heterocycles. The van der Waals surface area contributed by atoms with Crippen LogP contribution in [0.3, 0.4) is 0 Å². The largest absolute Gasteiger partial charge is 0.330 e. The van der Waals surface area contributed by atoms with Crippen LogP contribution in [0.15, 0.2) is 30.3 Å². The monoisotopic (exact) mass is 283 g/mol. The van der Waals surface area contributed by atoms with E-state index in [1.54, 1.807) is 20.8 Å². The van der Waals surface area contributed by atoms with Gasteiger partial charge in [0.1, 0.15) is 0 Å². The first-order valence-electron chi connectivity index (χ1n) is 6.75. The molecule has 3 nitrogen and oxygen atoms in total. The molecule has 0 heterocycles. The SMILES string of the molecule is CC(C)(C)S(=O)(=O)CCCC(CN)c1ccccc1. The van der Waals surface area contributed by atoms with E-state index in [0.717, 1.165) is 6.42 Å². The number of benzene rings is 1. The van der Waals surface area contributed by atoms with Gasteiger partial charge in [-0.15, -0.1) is 0 Å². The van der Waals surface area contributed by atoms with Gasteiger partial charge >= 0.3 is 0 Å². The quantitative estimate of drug-likeness (QED) is 0.873. The topological polar surface area (TPSA) is 60.2 Å². The molecular formula is C15H25NO2S. The standard InChI is InChI=1S/C15H25NO2S/c1-15(2,3)19(17,18)11-7-10-14(12-16)13-8-5-4-6-9-13/h4-6,8-9,14H,7,10-12,16H2,1-3H3. The molecule has 1 aromatic rings. The number of nitrogens with two attached hydrogens (primary N) is 1. The Balaban J connectivity index is 2.57. The average Bonchev–Trinajstić information content (AvgIpc) is 2.34. The van der Waals surface area contributed by atoms with Crippen molar-refractivity contribution in [3.8, 4) is 0 Å². The molecule has 1 atom stereocenters. The summed E-state index contributed by atoms with van der Waals surface area (Å²) in [7, 11) is -3.02. The predicted molar refractivity (Wildman–Crippen MR) is 81.0 cm³/mol. The fourth-order valence-electron chi connectivity index (χ4n) is 1.97. The molecule has 0 fully saturated rings. The van der Waals surface area contributed by atoms with Crippen LogP contribution in [0.25, 0.3) is 0 Å². The summed E-state index contributed by atoms with van der Waals surface area (Å²) in [5.74, 6) is 0.483. The molecule has 0 aliphatic carbocycles. The van der Waals surface area contributed by atoms with E-state index in [4.69, 9.17) is 5.73 Å². The Bertz CT molecular complexity index is 475. The normalized spacial score (nSPS) is 14.3. The van der Waals surface area contributed by atoms with Crippen molar-refractivity contribution in [2.75, 3.05) is 12.3 Å². The van der Waals surface area contributed by atoms with Crippen molar-refractivity contribution >= 4 is 9.84 Å². The minimum Gasteiger partial charge on any atom is -0.330 e. The first-order chi connectivity index (χ1) is 8.78. The zero-order valence-corrected chi connectivity index (χ0v) is 12.9. The highest BCUT2D eigenvalue weighted by Gasteiger charge is 2.28. The van der Waals surface area contributed by atoms with Gasteiger partial charge in [0, 0.05) is 0 Å². The summed E-state index contributed by atoms with van der Waals surface area (Å²) in [5.41, 5.74) is 6.98. The Labute approximate surface area is 117 Å². The van der Waals surface area contributed by atoms with Crippen LogP contribution in [0, 0.1) is 0 Å². The molecule has 1 aromatic carbocycles. The average molecular weight is 283 g/mol. The third-order valence-corrected chi connectivity index (χ3v) is 6.15. The Kier molecular flexibility index (Phi) is 5.56. The lowest BCUT2D eigenvalue weighted by Crippen LogP contribution is -2.30. The lowest BCUT2D eigenvalue weighted by Gasteiger charge is -2.20. The fraction of sp³-hybridized carbons (Fsp3) is 0.600. The van der Waals surface area contributed by atoms with Gasteiger partial charge in [0.05, 0.1) is 10.5 Å². The second kappa shape index (κ2) is 6.53. The second-order valence-corrected chi connectivity index (χ2v) is 8.78. The second-order valence-electron chi connectivity index (χ2n) is 5.92. The molecule has 0 bridgehead atoms. The summed E-state index contributed by atoms with van der Waals surface area (Å²) in [6.45, 7) is 5.80. The van der Waals surface area contributed by atoms with Crippen LogP contribution in [-0.4, -0.2) is 25.5 Å². The number of hydrogen-bond donors (Lipinski definition) is 1. The van der Waals surface area contributed by atoms with E-state index in [9.17, 15) is 8.42 Å². The van der Waals surface area contributed by atoms with Gasteiger partial charge in [-0.05, 0) is 51.6 Å². The van der Waals surface area contributed by atoms with Gasteiger partial charge < -0.3 is 5.73 Å². The first-order valence-corrected chi connectivity index (χ1v) is 8.40. The minimum absolute atomic E-state index is 0.236. The molecule has 19 heavy (non-hydrogen) atoms. The van der Waals surface area contributed by atoms with Crippen molar-refractivity contribution in [1.82, 2.24) is 0 Å². The Morgan fingerprint density at radius 1 is 1.16 bits per heavy atom. The lowest BCUT2D eigenvalue weighted by atomic mass is 9.95. The van der Waals surface area contributed by atoms with E-state index in [2.05, 4.69) is 12.1 Å². The van der Waals surface area contributed by atoms with E-state index in [1.807, 2.05) is 18.2 Å². The molecule has 0 radical (unpaired) electrons. The molecule has 4 heteroatoms. The molecule has 0 saturated heterocycles. The van der Waals surface area contributed by atoms with Crippen LogP contribution in [0.4, 0.5) is 0 Å². The molecule has 108 valence electrons. The molecule has 2 N–H and O–H groups in total. The van der Waals surface area contributed by atoms with Crippen LogP contribution < -0.4 is 5.73 Å². The number of sulfone groups is 1. The maximum Gasteiger partial charge on any atom is 0.155 e. The highest BCUT2D eigenvalue weighted by atomic mass is 32.2. The van der Waals surface area contributed by atoms with Gasteiger partial charge in [-0.1, -0.05) is 30.3 Å². The number of hydrogen-bond acceptors (Lipinski definition) is 3. The summed E-state index contributed by atoms with van der Waals surface area (Å²) in [5, 5.41) is 0. The summed E-state index contributed by atoms with van der Waals surface area (Å²) >= 11 is 0. The van der Waals surface area contributed by atoms with Crippen LogP contribution in [0.1, 0.15) is 45.1 Å². The van der Waals surface area contributed by atoms with Crippen LogP contribution in [0.5, 0.6) is 0 Å². The van der Waals surface area contributed by atoms with Gasteiger partial charge in [0.2, 0.25) is 0 Å². The summed E-state index contributed by atoms with van der Waals surface area (Å²) in [4.78, 5) is 0. The Morgan fingerprint density at radius 2 is 1.74 bits per heavy atom. The van der Waals surface area contributed by atoms with E-state index in [1.165, 1.54) is 5.56 Å². The summed E-state index contributed by atoms with van der Waals surface area (Å²) in [6, 6.07) is 10.1. The molecule has 1 unspecified atom stereocenters. The van der Waals surface area contributed by atoms with Crippen LogP contribution in [-0.2, 0) is 9.84 Å². The van der Waals surface area contributed by atoms with Crippen molar-refractivity contribution < 1.29 is 8.42 Å². The lowest BCUT2D eigenvalue weighted by molar-refractivity contribution is 0.549. The maximum absolute atomic E-state index is 12.0. The fourth-order valence-corrected chi connectivity index (χ4v) is 3.13. The zero-order valence-electron chi connectivity index (χ0n) is 12.1. The van der Waals surface area contributed by atoms with E-state index < -0.39 is 14.6 Å². The van der Waals surface area contributed by atoms with E-state index in [-0.39, 0.29) is 11.7 Å². The van der Waals surface area contributed by atoms with E-state index in [0.29, 0.717) is 13.0 Å². The van der Waals surface area contributed by atoms with E-state index >= 15 is 0 Å². The van der Waals surface area contributed by atoms with Gasteiger partial charge in [-0.25, -0.2) is 8.42 Å². The van der Waals surface area contributed by atoms with Crippen molar-refractivity contribution in [2.45, 2.75) is 44.3 Å². The number of rotatable bonds is 6. The molecule has 0 aliphatic heterocycles. The van der Waals surface area contributed by atoms with Gasteiger partial charge in [0.15, 0.2) is 9.84 Å². The zero-order chi connectivity index (χ0) is 14.5. The van der Waals surface area contributed by atoms with Crippen molar-refractivity contribution in [3.63, 3.8) is 0 Å². The smallest absolute Gasteiger partial charge is 0.155 e. The Hall–Kier alpha value is -0.870. The van der Waals surface area contributed by atoms with Crippen molar-refractivity contribution in [1.29, 1.82) is 0 Å². The summed E-state index contributed by atoms with van der Waals surface area (Å²) < 4.78 is 23.4. The first kappa shape index (κ1) is 16.2. The predicted octanol–water partition coefficient (Wildman–Crippen LogP) is 2.72. The molecule has 0 saturated carbocycles. The van der Waals surface area contributed by atoms with Gasteiger partial charge in [0.25, 0.3) is 0 Å². The highest BCUT2D eigenvalue weighted by molar-refractivity contribution is 7.92. The Morgan fingerprint density at radius 3 is 2.21 bits per heavy atom. The van der Waals surface area contributed by atoms with Crippen molar-refractivity contribution in [3.05, 3.63) is 35.9 Å². The third-order valence-electron chi connectivity index (χ3n) is 3.45. The van der Waals surface area contributed by atoms with Crippen molar-refractivity contribution in [2.24, 2.45) is 5.73 Å². The third kappa shape index (κ3) is 4.62. The molecule has 0 spiro atoms. The van der Waals surface area contributed by atoms with Gasteiger partial charge in [-0.3, -0.25) is 0 Å². The molecular weight excluding hydrogens is 258 g/mol. The summed E-state index contributed by atoms with van der Waals surface area (Å²) in [6.07, 6.45) is 1.48. The maximum atomic E-state index is 12.0. The van der Waals surface area contributed by atoms with Crippen LogP contribution in [0.2, 0.25) is 0 Å². The molecule has 0 amide bonds. The van der Waals surface area contributed by atoms with Crippen LogP contribution >= 0.6 is 0 Å². The minimum atomic E-state index is -3.02. The van der Waals surface area contributed by atoms with Gasteiger partial charge in [-0.2, -0.15) is 0 Å². The highest BCUT2D eigenvalue weighted by Crippen LogP contribution is 2.22. The molecule has 1 rings (SSSR count).